The first-order chi connectivity index (χ1) is 26.5. The summed E-state index contributed by atoms with van der Waals surface area (Å²) in [7, 11) is -4.84. The van der Waals surface area contributed by atoms with Gasteiger partial charge in [-0.1, -0.05) is 62.0 Å². The minimum Gasteiger partial charge on any atom is -0.416 e. The molecule has 5 rings (SSSR count). The molecule has 2 saturated heterocycles. The average molecular weight is 891 g/mol. The molecule has 2 saturated carbocycles. The molecule has 0 aromatic heterocycles. The van der Waals surface area contributed by atoms with Crippen molar-refractivity contribution in [1.82, 2.24) is 0 Å². The lowest BCUT2D eigenvalue weighted by atomic mass is 9.90. The van der Waals surface area contributed by atoms with Crippen molar-refractivity contribution >= 4 is 41.6 Å². The van der Waals surface area contributed by atoms with E-state index < -0.39 is 30.1 Å². The summed E-state index contributed by atoms with van der Waals surface area (Å²) in [4.78, 5) is 37.5. The van der Waals surface area contributed by atoms with Crippen molar-refractivity contribution in [3.05, 3.63) is 11.6 Å². The molecule has 0 amide bonds. The highest BCUT2D eigenvalue weighted by atomic mass is 31.2. The average Bonchev–Trinajstić information content (AvgIpc) is 3.74. The Hall–Kier alpha value is -0.906. The number of rotatable bonds is 16. The van der Waals surface area contributed by atoms with Crippen molar-refractivity contribution in [2.24, 2.45) is 23.7 Å². The van der Waals surface area contributed by atoms with Gasteiger partial charge in [-0.25, -0.2) is 0 Å². The van der Waals surface area contributed by atoms with Crippen molar-refractivity contribution in [3.8, 4) is 0 Å². The predicted molar refractivity (Wildman–Crippen MR) is 239 cm³/mol. The third-order valence-corrected chi connectivity index (χ3v) is 24.5. The van der Waals surface area contributed by atoms with E-state index in [0.717, 1.165) is 45.1 Å². The van der Waals surface area contributed by atoms with E-state index in [-0.39, 0.29) is 97.9 Å². The topological polar surface area (TPSA) is 142 Å². The van der Waals surface area contributed by atoms with Gasteiger partial charge in [0.1, 0.15) is 17.7 Å². The van der Waals surface area contributed by atoms with Crippen LogP contribution >= 0.6 is 7.60 Å². The molecule has 0 radical (unpaired) electrons. The molecular formula is C44H83O12PSi2. The van der Waals surface area contributed by atoms with Crippen LogP contribution in [0.4, 0.5) is 0 Å². The molecule has 344 valence electrons. The molecule has 4 fully saturated rings. The van der Waals surface area contributed by atoms with E-state index in [0.29, 0.717) is 32.2 Å². The summed E-state index contributed by atoms with van der Waals surface area (Å²) in [6.45, 7) is 24.7. The van der Waals surface area contributed by atoms with Gasteiger partial charge in [0.15, 0.2) is 35.0 Å². The summed E-state index contributed by atoms with van der Waals surface area (Å²) in [6, 6.07) is 0. The smallest absolute Gasteiger partial charge is 0.337 e. The van der Waals surface area contributed by atoms with Gasteiger partial charge >= 0.3 is 7.60 Å². The van der Waals surface area contributed by atoms with E-state index in [4.69, 9.17) is 36.8 Å². The Morgan fingerprint density at radius 3 is 1.66 bits per heavy atom. The molecule has 2 heterocycles. The van der Waals surface area contributed by atoms with Crippen molar-refractivity contribution in [1.29, 1.82) is 0 Å². The molecule has 12 nitrogen and oxygen atoms in total. The molecule has 0 aromatic rings. The number of carbonyl (C=O) groups is 3. The standard InChI is InChI=1S/C22H41O8PSi.C20H34O4Si.2CH4/c1-22(2,3)32(6,7)29-14-18-17(12-16(23)15-31(25,26-4)27-5)19(24)13-20(18)30-21-10-8-9-11-28-21;1-20(2,3)25(4,5)23-13-17-16-12-15(21)10-14(16)11-18(17)24-19-8-6-7-9-22-19;;/h17-18,20-21H,8-15H2,1-7H3;10,16-19H,6-9,11-13H2,1-5H3;2*1H4/t17-,18-,20-,21?;16-,17+,18+,19?;;/m10../s1. The summed E-state index contributed by atoms with van der Waals surface area (Å²) in [5.74, 6) is -0.276. The highest BCUT2D eigenvalue weighted by molar-refractivity contribution is 7.54. The monoisotopic (exact) mass is 891 g/mol. The maximum Gasteiger partial charge on any atom is 0.337 e. The summed E-state index contributed by atoms with van der Waals surface area (Å²) in [6.07, 6.45) is 8.70. The first-order valence-electron chi connectivity index (χ1n) is 21.3. The highest BCUT2D eigenvalue weighted by Crippen LogP contribution is 2.48. The number of hydrogen-bond donors (Lipinski definition) is 0. The maximum atomic E-state index is 12.9. The molecule has 3 aliphatic carbocycles. The third-order valence-electron chi connectivity index (χ3n) is 13.7. The zero-order valence-corrected chi connectivity index (χ0v) is 40.0. The molecular weight excluding hydrogens is 808 g/mol. The SMILES string of the molecule is C.C.CC(C)(C)[Si](C)(C)OC[C@H]1[C@H](OC2CCCCO2)CC2=CC(=O)C[C@@H]21.COP(=O)(CC(=O)C[C@H]1C(=O)C[C@@H](OC2CCCCO2)[C@@H]1CO[Si](C)(C)C(C)(C)C)OC. The summed E-state index contributed by atoms with van der Waals surface area (Å²) in [5.41, 5.74) is 1.27. The Bertz CT molecular complexity index is 1430. The molecule has 0 bridgehead atoms. The fraction of sp³-hybridized carbons (Fsp3) is 0.886. The van der Waals surface area contributed by atoms with Gasteiger partial charge in [0, 0.05) is 77.7 Å². The van der Waals surface area contributed by atoms with Crippen LogP contribution in [-0.2, 0) is 55.8 Å². The number of ether oxygens (including phenoxy) is 4. The minimum atomic E-state index is -3.48. The number of Topliss-reactive ketones (excluding diaryl/α,β-unsaturated/α-hetero) is 2. The van der Waals surface area contributed by atoms with Gasteiger partial charge in [0.05, 0.1) is 12.2 Å². The Morgan fingerprint density at radius 2 is 1.22 bits per heavy atom. The molecule has 5 aliphatic rings. The number of ketones is 3. The predicted octanol–water partition coefficient (Wildman–Crippen LogP) is 10.3. The maximum absolute atomic E-state index is 12.9. The largest absolute Gasteiger partial charge is 0.416 e. The van der Waals surface area contributed by atoms with Crippen LogP contribution in [-0.4, -0.2) is 106 Å². The fourth-order valence-corrected chi connectivity index (χ4v) is 10.9. The van der Waals surface area contributed by atoms with Crippen molar-refractivity contribution < 1.29 is 55.8 Å². The minimum absolute atomic E-state index is 0. The van der Waals surface area contributed by atoms with Crippen molar-refractivity contribution in [2.45, 2.75) is 182 Å². The second-order valence-electron chi connectivity index (χ2n) is 19.8. The van der Waals surface area contributed by atoms with Crippen molar-refractivity contribution in [2.75, 3.05) is 46.8 Å². The molecule has 2 aliphatic heterocycles. The fourth-order valence-electron chi connectivity index (χ4n) is 7.81. The number of hydrogen-bond acceptors (Lipinski definition) is 12. The van der Waals surface area contributed by atoms with E-state index in [1.165, 1.54) is 26.2 Å². The Morgan fingerprint density at radius 1 is 0.746 bits per heavy atom. The number of allylic oxidation sites excluding steroid dienone is 1. The lowest BCUT2D eigenvalue weighted by molar-refractivity contribution is -0.197. The Kier molecular flexibility index (Phi) is 20.8. The molecule has 8 atom stereocenters. The van der Waals surface area contributed by atoms with Gasteiger partial charge in [0.2, 0.25) is 0 Å². The van der Waals surface area contributed by atoms with Gasteiger partial charge in [-0.05, 0) is 93.2 Å². The van der Waals surface area contributed by atoms with Crippen LogP contribution < -0.4 is 0 Å². The van der Waals surface area contributed by atoms with Crippen LogP contribution in [0.2, 0.25) is 36.3 Å². The van der Waals surface area contributed by atoms with E-state index in [2.05, 4.69) is 67.7 Å². The van der Waals surface area contributed by atoms with E-state index in [1.54, 1.807) is 0 Å². The van der Waals surface area contributed by atoms with Gasteiger partial charge < -0.3 is 36.8 Å². The Balaban J connectivity index is 0.000000403. The molecule has 2 unspecified atom stereocenters. The van der Waals surface area contributed by atoms with Crippen LogP contribution in [0.25, 0.3) is 0 Å². The first kappa shape index (κ1) is 54.2. The van der Waals surface area contributed by atoms with Crippen molar-refractivity contribution in [3.63, 3.8) is 0 Å². The number of fused-ring (bicyclic) bond motifs is 1. The number of carbonyl (C=O) groups excluding carboxylic acids is 3. The van der Waals surface area contributed by atoms with Crippen LogP contribution in [0.1, 0.15) is 121 Å². The highest BCUT2D eigenvalue weighted by Gasteiger charge is 2.49. The van der Waals surface area contributed by atoms with Crippen LogP contribution in [0.3, 0.4) is 0 Å². The van der Waals surface area contributed by atoms with Gasteiger partial charge in [-0.3, -0.25) is 18.9 Å². The normalized spacial score (nSPS) is 29.2. The van der Waals surface area contributed by atoms with Gasteiger partial charge in [-0.15, -0.1) is 0 Å². The first-order valence-corrected chi connectivity index (χ1v) is 28.8. The molecule has 15 heteroatoms. The molecule has 59 heavy (non-hydrogen) atoms. The van der Waals surface area contributed by atoms with Crippen LogP contribution in [0.5, 0.6) is 0 Å². The Labute approximate surface area is 360 Å². The third kappa shape index (κ3) is 14.8. The summed E-state index contributed by atoms with van der Waals surface area (Å²) < 4.78 is 59.2. The zero-order valence-electron chi connectivity index (χ0n) is 37.1. The van der Waals surface area contributed by atoms with E-state index >= 15 is 0 Å². The summed E-state index contributed by atoms with van der Waals surface area (Å²) >= 11 is 0. The lowest BCUT2D eigenvalue weighted by Gasteiger charge is -2.38. The van der Waals surface area contributed by atoms with Crippen LogP contribution in [0.15, 0.2) is 11.6 Å². The van der Waals surface area contributed by atoms with E-state index in [1.807, 2.05) is 6.08 Å². The quantitative estimate of drug-likeness (QED) is 0.108. The van der Waals surface area contributed by atoms with Gasteiger partial charge in [-0.2, -0.15) is 0 Å². The molecule has 0 aromatic carbocycles. The van der Waals surface area contributed by atoms with Gasteiger partial charge in [0.25, 0.3) is 0 Å². The lowest BCUT2D eigenvalue weighted by Crippen LogP contribution is -2.44. The molecule has 0 N–H and O–H groups in total. The summed E-state index contributed by atoms with van der Waals surface area (Å²) in [5, 5.41) is 0.214. The van der Waals surface area contributed by atoms with E-state index in [9.17, 15) is 18.9 Å². The second kappa shape index (κ2) is 22.6. The zero-order chi connectivity index (χ0) is 42.4. The second-order valence-corrected chi connectivity index (χ2v) is 31.7. The molecule has 0 spiro atoms. The van der Waals surface area contributed by atoms with Crippen LogP contribution in [0, 0.1) is 23.7 Å².